The molecule has 4 heteroatoms. The van der Waals surface area contributed by atoms with Crippen molar-refractivity contribution in [2.24, 2.45) is 5.73 Å². The van der Waals surface area contributed by atoms with E-state index in [9.17, 15) is 0 Å². The van der Waals surface area contributed by atoms with Crippen LogP contribution in [0.2, 0.25) is 0 Å². The maximum atomic E-state index is 5.52. The van der Waals surface area contributed by atoms with Crippen LogP contribution in [0.3, 0.4) is 0 Å². The van der Waals surface area contributed by atoms with Gasteiger partial charge < -0.3 is 5.73 Å². The summed E-state index contributed by atoms with van der Waals surface area (Å²) >= 11 is 1.41. The molecule has 1 aromatic heterocycles. The first-order chi connectivity index (χ1) is 5.29. The quantitative estimate of drug-likeness (QED) is 0.750. The molecule has 0 radical (unpaired) electrons. The third-order valence-electron chi connectivity index (χ3n) is 1.85. The van der Waals surface area contributed by atoms with E-state index in [1.54, 1.807) is 0 Å². The molecule has 3 nitrogen and oxygen atoms in total. The zero-order chi connectivity index (χ0) is 8.27. The maximum Gasteiger partial charge on any atom is 0.0828 e. The Morgan fingerprint density at radius 3 is 2.91 bits per heavy atom. The van der Waals surface area contributed by atoms with Crippen LogP contribution < -0.4 is 5.73 Å². The highest BCUT2D eigenvalue weighted by molar-refractivity contribution is 7.05. The second kappa shape index (κ2) is 3.78. The Bertz CT molecular complexity index is 221. The van der Waals surface area contributed by atoms with Crippen LogP contribution in [-0.2, 0) is 6.54 Å². The lowest BCUT2D eigenvalue weighted by atomic mass is 10.0. The average molecular weight is 171 g/mol. The van der Waals surface area contributed by atoms with E-state index in [0.29, 0.717) is 12.5 Å². The molecule has 0 aliphatic carbocycles. The van der Waals surface area contributed by atoms with Crippen molar-refractivity contribution in [1.82, 2.24) is 9.59 Å². The van der Waals surface area contributed by atoms with E-state index in [2.05, 4.69) is 23.4 Å². The number of hydrogen-bond acceptors (Lipinski definition) is 4. The molecule has 0 saturated heterocycles. The minimum atomic E-state index is 0.493. The fraction of sp³-hybridized carbons (Fsp3) is 0.714. The lowest BCUT2D eigenvalue weighted by Gasteiger charge is -2.04. The van der Waals surface area contributed by atoms with Crippen LogP contribution in [0.15, 0.2) is 0 Å². The molecule has 1 rings (SSSR count). The number of hydrogen-bond donors (Lipinski definition) is 1. The van der Waals surface area contributed by atoms with Crippen molar-refractivity contribution in [1.29, 1.82) is 0 Å². The van der Waals surface area contributed by atoms with Crippen LogP contribution in [0.25, 0.3) is 0 Å². The number of nitrogens with zero attached hydrogens (tertiary/aromatic N) is 2. The summed E-state index contributed by atoms with van der Waals surface area (Å²) in [6, 6.07) is 0. The third kappa shape index (κ3) is 1.75. The molecule has 1 atom stereocenters. The van der Waals surface area contributed by atoms with E-state index in [1.807, 2.05) is 0 Å². The first-order valence-electron chi connectivity index (χ1n) is 3.80. The van der Waals surface area contributed by atoms with Crippen LogP contribution in [0, 0.1) is 0 Å². The molecule has 0 amide bonds. The van der Waals surface area contributed by atoms with Gasteiger partial charge in [-0.25, -0.2) is 0 Å². The summed E-state index contributed by atoms with van der Waals surface area (Å²) in [5.41, 5.74) is 6.60. The van der Waals surface area contributed by atoms with Crippen molar-refractivity contribution in [2.75, 3.05) is 0 Å². The molecule has 1 aromatic rings. The van der Waals surface area contributed by atoms with Gasteiger partial charge in [-0.2, -0.15) is 0 Å². The Morgan fingerprint density at radius 1 is 1.64 bits per heavy atom. The molecule has 11 heavy (non-hydrogen) atoms. The van der Waals surface area contributed by atoms with Gasteiger partial charge in [0, 0.05) is 12.5 Å². The van der Waals surface area contributed by atoms with Crippen molar-refractivity contribution < 1.29 is 0 Å². The first kappa shape index (κ1) is 8.62. The Morgan fingerprint density at radius 2 is 2.36 bits per heavy atom. The Kier molecular flexibility index (Phi) is 2.96. The van der Waals surface area contributed by atoms with Gasteiger partial charge in [-0.1, -0.05) is 18.3 Å². The molecular weight excluding hydrogens is 158 g/mol. The van der Waals surface area contributed by atoms with Crippen LogP contribution in [0.5, 0.6) is 0 Å². The highest BCUT2D eigenvalue weighted by Gasteiger charge is 2.11. The second-order valence-electron chi connectivity index (χ2n) is 2.59. The molecule has 0 aromatic carbocycles. The monoisotopic (exact) mass is 171 g/mol. The normalized spacial score (nSPS) is 13.4. The lowest BCUT2D eigenvalue weighted by Crippen LogP contribution is -2.01. The summed E-state index contributed by atoms with van der Waals surface area (Å²) in [4.78, 5) is 1.12. The number of aromatic nitrogens is 2. The van der Waals surface area contributed by atoms with Crippen molar-refractivity contribution in [3.8, 4) is 0 Å². The van der Waals surface area contributed by atoms with Crippen molar-refractivity contribution in [2.45, 2.75) is 32.7 Å². The summed E-state index contributed by atoms with van der Waals surface area (Å²) < 4.78 is 3.87. The predicted octanol–water partition coefficient (Wildman–Crippen LogP) is 1.51. The molecule has 0 aliphatic heterocycles. The zero-order valence-corrected chi connectivity index (χ0v) is 7.69. The van der Waals surface area contributed by atoms with Gasteiger partial charge in [0.2, 0.25) is 0 Å². The number of nitrogens with two attached hydrogens (primary N) is 1. The summed E-state index contributed by atoms with van der Waals surface area (Å²) in [5.74, 6) is 0.493. The van der Waals surface area contributed by atoms with Gasteiger partial charge in [0.05, 0.1) is 10.6 Å². The molecule has 1 heterocycles. The SMILES string of the molecule is CCC(C)c1nnsc1CN. The second-order valence-corrected chi connectivity index (χ2v) is 3.43. The molecule has 0 spiro atoms. The van der Waals surface area contributed by atoms with Crippen molar-refractivity contribution in [3.63, 3.8) is 0 Å². The average Bonchev–Trinajstić information content (AvgIpc) is 2.50. The molecule has 0 bridgehead atoms. The fourth-order valence-corrected chi connectivity index (χ4v) is 1.56. The van der Waals surface area contributed by atoms with Crippen molar-refractivity contribution in [3.05, 3.63) is 10.6 Å². The van der Waals surface area contributed by atoms with Gasteiger partial charge in [0.25, 0.3) is 0 Å². The van der Waals surface area contributed by atoms with Crippen LogP contribution in [0.1, 0.15) is 36.8 Å². The molecule has 0 fully saturated rings. The fourth-order valence-electron chi connectivity index (χ4n) is 0.925. The largest absolute Gasteiger partial charge is 0.326 e. The Hall–Kier alpha value is -0.480. The standard InChI is InChI=1S/C7H13N3S/c1-3-5(2)7-6(4-8)11-10-9-7/h5H,3-4,8H2,1-2H3. The maximum absolute atomic E-state index is 5.52. The van der Waals surface area contributed by atoms with Gasteiger partial charge in [-0.3, -0.25) is 0 Å². The van der Waals surface area contributed by atoms with Gasteiger partial charge in [-0.05, 0) is 18.0 Å². The first-order valence-corrected chi connectivity index (χ1v) is 4.58. The molecule has 1 unspecified atom stereocenters. The molecular formula is C7H13N3S. The molecule has 0 aliphatic rings. The van der Waals surface area contributed by atoms with E-state index < -0.39 is 0 Å². The van der Waals surface area contributed by atoms with Crippen LogP contribution >= 0.6 is 11.5 Å². The summed E-state index contributed by atoms with van der Waals surface area (Å²) in [5, 5.41) is 4.05. The van der Waals surface area contributed by atoms with E-state index in [4.69, 9.17) is 5.73 Å². The van der Waals surface area contributed by atoms with Gasteiger partial charge >= 0.3 is 0 Å². The third-order valence-corrected chi connectivity index (χ3v) is 2.61. The van der Waals surface area contributed by atoms with E-state index in [0.717, 1.165) is 17.0 Å². The minimum absolute atomic E-state index is 0.493. The highest BCUT2D eigenvalue weighted by Crippen LogP contribution is 2.21. The van der Waals surface area contributed by atoms with Crippen molar-refractivity contribution >= 4 is 11.5 Å². The minimum Gasteiger partial charge on any atom is -0.326 e. The molecule has 2 N–H and O–H groups in total. The van der Waals surface area contributed by atoms with E-state index in [-0.39, 0.29) is 0 Å². The molecule has 62 valence electrons. The van der Waals surface area contributed by atoms with Crippen LogP contribution in [0.4, 0.5) is 0 Å². The number of rotatable bonds is 3. The predicted molar refractivity (Wildman–Crippen MR) is 46.5 cm³/mol. The van der Waals surface area contributed by atoms with Crippen LogP contribution in [-0.4, -0.2) is 9.59 Å². The van der Waals surface area contributed by atoms with Gasteiger partial charge in [0.15, 0.2) is 0 Å². The van der Waals surface area contributed by atoms with E-state index >= 15 is 0 Å². The summed E-state index contributed by atoms with van der Waals surface area (Å²) in [7, 11) is 0. The van der Waals surface area contributed by atoms with Gasteiger partial charge in [0.1, 0.15) is 0 Å². The summed E-state index contributed by atoms with van der Waals surface area (Å²) in [6.07, 6.45) is 1.10. The molecule has 0 saturated carbocycles. The van der Waals surface area contributed by atoms with Gasteiger partial charge in [-0.15, -0.1) is 5.10 Å². The lowest BCUT2D eigenvalue weighted by molar-refractivity contribution is 0.694. The van der Waals surface area contributed by atoms with E-state index in [1.165, 1.54) is 11.5 Å². The summed E-state index contributed by atoms with van der Waals surface area (Å²) in [6.45, 7) is 4.86. The smallest absolute Gasteiger partial charge is 0.0828 e. The Balaban J connectivity index is 2.83. The highest BCUT2D eigenvalue weighted by atomic mass is 32.1. The zero-order valence-electron chi connectivity index (χ0n) is 6.87. The Labute approximate surface area is 70.8 Å². The topological polar surface area (TPSA) is 51.8 Å².